The summed E-state index contributed by atoms with van der Waals surface area (Å²) in [6, 6.07) is 23.3. The number of halogens is 1. The third kappa shape index (κ3) is 7.94. The van der Waals surface area contributed by atoms with Gasteiger partial charge in [0.05, 0.1) is 12.8 Å². The Hall–Kier alpha value is -3.84. The maximum atomic E-state index is 12.7. The van der Waals surface area contributed by atoms with E-state index in [9.17, 15) is 9.59 Å². The standard InChI is InChI=1S/C26H26ClN3O4/c1-2-33-26(32)29-24(16-19-8-4-3-5-9-19)25(31)30-28-17-20-12-14-22(15-13-20)34-18-21-10-6-7-11-23(21)27/h3-15,17,24H,2,16,18H2,1H3,(H,29,32)(H,30,31)/b28-17-/t24-/m0/s1. The topological polar surface area (TPSA) is 89.0 Å². The molecule has 7 nitrogen and oxygen atoms in total. The maximum absolute atomic E-state index is 12.7. The van der Waals surface area contributed by atoms with Crippen LogP contribution in [0.15, 0.2) is 84.0 Å². The molecule has 0 spiro atoms. The summed E-state index contributed by atoms with van der Waals surface area (Å²) >= 11 is 6.15. The Morgan fingerprint density at radius 3 is 2.41 bits per heavy atom. The number of alkyl carbamates (subject to hydrolysis) is 1. The van der Waals surface area contributed by atoms with Gasteiger partial charge in [-0.25, -0.2) is 10.2 Å². The minimum atomic E-state index is -0.834. The van der Waals surface area contributed by atoms with Crippen molar-refractivity contribution in [2.45, 2.75) is 26.0 Å². The summed E-state index contributed by atoms with van der Waals surface area (Å²) in [4.78, 5) is 24.5. The molecule has 0 saturated carbocycles. The molecule has 34 heavy (non-hydrogen) atoms. The molecule has 0 fully saturated rings. The Balaban J connectivity index is 1.55. The van der Waals surface area contributed by atoms with Crippen molar-refractivity contribution in [3.63, 3.8) is 0 Å². The zero-order chi connectivity index (χ0) is 24.2. The molecule has 0 aliphatic heterocycles. The molecular formula is C26H26ClN3O4. The van der Waals surface area contributed by atoms with Crippen LogP contribution in [0.2, 0.25) is 5.02 Å². The molecule has 3 aromatic carbocycles. The Morgan fingerprint density at radius 2 is 1.71 bits per heavy atom. The first-order valence-electron chi connectivity index (χ1n) is 10.8. The summed E-state index contributed by atoms with van der Waals surface area (Å²) in [6.45, 7) is 2.27. The SMILES string of the molecule is CCOC(=O)N[C@@H](Cc1ccccc1)C(=O)N/N=C\c1ccc(OCc2ccccc2Cl)cc1. The second-order valence-electron chi connectivity index (χ2n) is 7.29. The summed E-state index contributed by atoms with van der Waals surface area (Å²) in [6.07, 6.45) is 1.16. The monoisotopic (exact) mass is 479 g/mol. The fraction of sp³-hybridized carbons (Fsp3) is 0.192. The molecule has 0 aliphatic rings. The zero-order valence-corrected chi connectivity index (χ0v) is 19.5. The lowest BCUT2D eigenvalue weighted by atomic mass is 10.1. The molecule has 0 heterocycles. The summed E-state index contributed by atoms with van der Waals surface area (Å²) in [5.41, 5.74) is 5.05. The van der Waals surface area contributed by atoms with Gasteiger partial charge in [0.15, 0.2) is 0 Å². The molecule has 8 heteroatoms. The molecule has 0 radical (unpaired) electrons. The minimum absolute atomic E-state index is 0.210. The number of hydrogen-bond acceptors (Lipinski definition) is 5. The average molecular weight is 480 g/mol. The van der Waals surface area contributed by atoms with Crippen molar-refractivity contribution in [1.29, 1.82) is 0 Å². The quantitative estimate of drug-likeness (QED) is 0.325. The summed E-state index contributed by atoms with van der Waals surface area (Å²) in [7, 11) is 0. The molecule has 176 valence electrons. The van der Waals surface area contributed by atoms with Crippen LogP contribution in [0.25, 0.3) is 0 Å². The number of nitrogens with one attached hydrogen (secondary N) is 2. The van der Waals surface area contributed by atoms with Crippen LogP contribution >= 0.6 is 11.6 Å². The van der Waals surface area contributed by atoms with Gasteiger partial charge in [0.25, 0.3) is 5.91 Å². The number of ether oxygens (including phenoxy) is 2. The number of carbonyl (C=O) groups is 2. The van der Waals surface area contributed by atoms with Gasteiger partial charge in [-0.3, -0.25) is 4.79 Å². The maximum Gasteiger partial charge on any atom is 0.407 e. The van der Waals surface area contributed by atoms with E-state index in [4.69, 9.17) is 21.1 Å². The lowest BCUT2D eigenvalue weighted by Crippen LogP contribution is -2.47. The van der Waals surface area contributed by atoms with Gasteiger partial charge in [-0.2, -0.15) is 5.10 Å². The number of rotatable bonds is 10. The van der Waals surface area contributed by atoms with Gasteiger partial charge in [0, 0.05) is 17.0 Å². The highest BCUT2D eigenvalue weighted by Crippen LogP contribution is 2.18. The molecular weight excluding hydrogens is 454 g/mol. The van der Waals surface area contributed by atoms with E-state index in [2.05, 4.69) is 15.8 Å². The molecule has 2 amide bonds. The van der Waals surface area contributed by atoms with Gasteiger partial charge in [0.2, 0.25) is 0 Å². The summed E-state index contributed by atoms with van der Waals surface area (Å²) < 4.78 is 10.7. The van der Waals surface area contributed by atoms with E-state index in [1.165, 1.54) is 6.21 Å². The van der Waals surface area contributed by atoms with Gasteiger partial charge < -0.3 is 14.8 Å². The molecule has 0 bridgehead atoms. The molecule has 0 saturated heterocycles. The van der Waals surface area contributed by atoms with E-state index >= 15 is 0 Å². The first kappa shape index (κ1) is 24.8. The van der Waals surface area contributed by atoms with Crippen molar-refractivity contribution in [2.24, 2.45) is 5.10 Å². The van der Waals surface area contributed by atoms with Gasteiger partial charge in [-0.05, 0) is 48.4 Å². The molecule has 0 unspecified atom stereocenters. The van der Waals surface area contributed by atoms with Crippen molar-refractivity contribution < 1.29 is 19.1 Å². The van der Waals surface area contributed by atoms with Crippen LogP contribution in [0, 0.1) is 0 Å². The number of hydrazone groups is 1. The molecule has 2 N–H and O–H groups in total. The zero-order valence-electron chi connectivity index (χ0n) is 18.7. The van der Waals surface area contributed by atoms with Crippen molar-refractivity contribution in [3.8, 4) is 5.75 Å². The number of nitrogens with zero attached hydrogens (tertiary/aromatic N) is 1. The smallest absolute Gasteiger partial charge is 0.407 e. The van der Waals surface area contributed by atoms with Crippen LogP contribution in [0.5, 0.6) is 5.75 Å². The van der Waals surface area contributed by atoms with Crippen LogP contribution in [0.3, 0.4) is 0 Å². The van der Waals surface area contributed by atoms with E-state index in [1.807, 2.05) is 66.7 Å². The highest BCUT2D eigenvalue weighted by molar-refractivity contribution is 6.31. The Kier molecular flexibility index (Phi) is 9.49. The van der Waals surface area contributed by atoms with Gasteiger partial charge in [-0.1, -0.05) is 60.1 Å². The van der Waals surface area contributed by atoms with E-state index in [1.54, 1.807) is 19.1 Å². The third-order valence-corrected chi connectivity index (χ3v) is 5.16. The predicted octanol–water partition coefficient (Wildman–Crippen LogP) is 4.73. The number of amides is 2. The molecule has 3 aromatic rings. The number of hydrogen-bond donors (Lipinski definition) is 2. The van der Waals surface area contributed by atoms with E-state index in [0.29, 0.717) is 23.8 Å². The van der Waals surface area contributed by atoms with E-state index in [-0.39, 0.29) is 6.61 Å². The predicted molar refractivity (Wildman–Crippen MR) is 132 cm³/mol. The van der Waals surface area contributed by atoms with E-state index in [0.717, 1.165) is 16.7 Å². The van der Waals surface area contributed by atoms with Gasteiger partial charge >= 0.3 is 6.09 Å². The molecule has 3 rings (SSSR count). The largest absolute Gasteiger partial charge is 0.489 e. The van der Waals surface area contributed by atoms with Crippen molar-refractivity contribution in [3.05, 3.63) is 101 Å². The van der Waals surface area contributed by atoms with Crippen LogP contribution in [0.4, 0.5) is 4.79 Å². The van der Waals surface area contributed by atoms with Crippen LogP contribution in [0.1, 0.15) is 23.6 Å². The Labute approximate surface area is 203 Å². The molecule has 1 atom stereocenters. The lowest BCUT2D eigenvalue weighted by Gasteiger charge is -2.16. The normalized spacial score (nSPS) is 11.6. The van der Waals surface area contributed by atoms with Crippen molar-refractivity contribution in [2.75, 3.05) is 6.61 Å². The number of carbonyl (C=O) groups excluding carboxylic acids is 2. The van der Waals surface area contributed by atoms with Crippen molar-refractivity contribution in [1.82, 2.24) is 10.7 Å². The number of benzene rings is 3. The van der Waals surface area contributed by atoms with Crippen molar-refractivity contribution >= 4 is 29.8 Å². The van der Waals surface area contributed by atoms with Crippen LogP contribution < -0.4 is 15.5 Å². The Bertz CT molecular complexity index is 1100. The lowest BCUT2D eigenvalue weighted by molar-refractivity contribution is -0.123. The summed E-state index contributed by atoms with van der Waals surface area (Å²) in [5.74, 6) is 0.232. The highest BCUT2D eigenvalue weighted by atomic mass is 35.5. The second kappa shape index (κ2) is 13.0. The molecule has 0 aromatic heterocycles. The second-order valence-corrected chi connectivity index (χ2v) is 7.70. The third-order valence-electron chi connectivity index (χ3n) is 4.79. The average Bonchev–Trinajstić information content (AvgIpc) is 2.85. The minimum Gasteiger partial charge on any atom is -0.489 e. The Morgan fingerprint density at radius 1 is 1.00 bits per heavy atom. The van der Waals surface area contributed by atoms with Gasteiger partial charge in [-0.15, -0.1) is 0 Å². The fourth-order valence-electron chi connectivity index (χ4n) is 3.05. The molecule has 0 aliphatic carbocycles. The first-order chi connectivity index (χ1) is 16.5. The van der Waals surface area contributed by atoms with Crippen LogP contribution in [-0.4, -0.2) is 30.9 Å². The van der Waals surface area contributed by atoms with Gasteiger partial charge in [0.1, 0.15) is 18.4 Å². The fourth-order valence-corrected chi connectivity index (χ4v) is 3.24. The first-order valence-corrected chi connectivity index (χ1v) is 11.2. The summed E-state index contributed by atoms with van der Waals surface area (Å²) in [5, 5.41) is 7.26. The highest BCUT2D eigenvalue weighted by Gasteiger charge is 2.21. The van der Waals surface area contributed by atoms with E-state index < -0.39 is 18.0 Å². The van der Waals surface area contributed by atoms with Crippen LogP contribution in [-0.2, 0) is 22.6 Å².